The molecule has 1 N–H and O–H groups in total. The van der Waals surface area contributed by atoms with Gasteiger partial charge in [-0.2, -0.15) is 0 Å². The van der Waals surface area contributed by atoms with Crippen molar-refractivity contribution in [3.8, 4) is 0 Å². The average Bonchev–Trinajstić information content (AvgIpc) is 2.56. The molecular formula is C19H32N2O2. The first-order valence-corrected chi connectivity index (χ1v) is 9.43. The maximum absolute atomic E-state index is 12.7. The van der Waals surface area contributed by atoms with E-state index < -0.39 is 0 Å². The normalized spacial score (nSPS) is 34.7. The lowest BCUT2D eigenvalue weighted by molar-refractivity contribution is -0.136. The summed E-state index contributed by atoms with van der Waals surface area (Å²) in [6, 6.07) is 0. The van der Waals surface area contributed by atoms with E-state index in [4.69, 9.17) is 0 Å². The Kier molecular flexibility index (Phi) is 4.45. The minimum Gasteiger partial charge on any atom is -0.350 e. The van der Waals surface area contributed by atoms with Crippen LogP contribution in [-0.4, -0.2) is 35.3 Å². The van der Waals surface area contributed by atoms with Gasteiger partial charge in [0.25, 0.3) is 0 Å². The third kappa shape index (κ3) is 3.14. The Morgan fingerprint density at radius 2 is 1.52 bits per heavy atom. The van der Waals surface area contributed by atoms with Crippen LogP contribution >= 0.6 is 0 Å². The van der Waals surface area contributed by atoms with Crippen molar-refractivity contribution < 1.29 is 9.59 Å². The lowest BCUT2D eigenvalue weighted by atomic mass is 9.53. The molecule has 4 nitrogen and oxygen atoms in total. The summed E-state index contributed by atoms with van der Waals surface area (Å²) in [7, 11) is 0. The van der Waals surface area contributed by atoms with Gasteiger partial charge in [0, 0.05) is 31.5 Å². The van der Waals surface area contributed by atoms with Gasteiger partial charge in [0.2, 0.25) is 11.8 Å². The van der Waals surface area contributed by atoms with E-state index in [9.17, 15) is 9.59 Å². The Morgan fingerprint density at radius 1 is 1.00 bits per heavy atom. The number of carbonyl (C=O) groups is 2. The van der Waals surface area contributed by atoms with Crippen molar-refractivity contribution in [3.63, 3.8) is 0 Å². The lowest BCUT2D eigenvalue weighted by Gasteiger charge is -2.56. The van der Waals surface area contributed by atoms with Crippen LogP contribution in [-0.2, 0) is 9.59 Å². The highest BCUT2D eigenvalue weighted by atomic mass is 16.2. The lowest BCUT2D eigenvalue weighted by Crippen LogP contribution is -2.59. The van der Waals surface area contributed by atoms with E-state index in [1.54, 1.807) is 6.92 Å². The molecule has 23 heavy (non-hydrogen) atoms. The van der Waals surface area contributed by atoms with Gasteiger partial charge in [-0.1, -0.05) is 13.8 Å². The molecule has 0 spiro atoms. The van der Waals surface area contributed by atoms with Crippen molar-refractivity contribution >= 4 is 11.8 Å². The standard InChI is InChI=1S/C19H32N2O2/c1-14(2)18-6-9-19(10-7-18,11-8-18)20-17(23)16-4-12-21(13-5-16)15(3)22/h14,16H,4-13H2,1-3H3,(H,20,23). The van der Waals surface area contributed by atoms with Crippen LogP contribution in [0.25, 0.3) is 0 Å². The van der Waals surface area contributed by atoms with E-state index in [1.807, 2.05) is 4.90 Å². The quantitative estimate of drug-likeness (QED) is 0.868. The second kappa shape index (κ2) is 6.10. The van der Waals surface area contributed by atoms with E-state index in [-0.39, 0.29) is 23.3 Å². The molecule has 4 heteroatoms. The Morgan fingerprint density at radius 3 is 1.96 bits per heavy atom. The third-order valence-corrected chi connectivity index (χ3v) is 7.23. The summed E-state index contributed by atoms with van der Waals surface area (Å²) in [6.45, 7) is 7.80. The van der Waals surface area contributed by atoms with Gasteiger partial charge in [0.15, 0.2) is 0 Å². The highest BCUT2D eigenvalue weighted by molar-refractivity contribution is 5.80. The molecule has 0 unspecified atom stereocenters. The summed E-state index contributed by atoms with van der Waals surface area (Å²) in [5.74, 6) is 1.23. The van der Waals surface area contributed by atoms with Crippen LogP contribution in [0.1, 0.15) is 72.1 Å². The van der Waals surface area contributed by atoms with Gasteiger partial charge in [-0.15, -0.1) is 0 Å². The zero-order valence-corrected chi connectivity index (χ0v) is 15.0. The van der Waals surface area contributed by atoms with Gasteiger partial charge >= 0.3 is 0 Å². The molecule has 3 saturated carbocycles. The Labute approximate surface area is 140 Å². The molecule has 0 aromatic carbocycles. The molecule has 0 aromatic rings. The number of nitrogens with zero attached hydrogens (tertiary/aromatic N) is 1. The topological polar surface area (TPSA) is 49.4 Å². The predicted octanol–water partition coefficient (Wildman–Crippen LogP) is 3.11. The van der Waals surface area contributed by atoms with Crippen molar-refractivity contribution in [1.82, 2.24) is 10.2 Å². The van der Waals surface area contributed by atoms with Gasteiger partial charge < -0.3 is 10.2 Å². The van der Waals surface area contributed by atoms with Crippen LogP contribution in [0.2, 0.25) is 0 Å². The average molecular weight is 320 g/mol. The molecule has 0 aromatic heterocycles. The predicted molar refractivity (Wildman–Crippen MR) is 90.8 cm³/mol. The number of likely N-dealkylation sites (tertiary alicyclic amines) is 1. The zero-order valence-electron chi connectivity index (χ0n) is 15.0. The van der Waals surface area contributed by atoms with Crippen molar-refractivity contribution in [2.75, 3.05) is 13.1 Å². The molecule has 4 aliphatic rings. The number of nitrogens with one attached hydrogen (secondary N) is 1. The van der Waals surface area contributed by atoms with E-state index in [0.29, 0.717) is 5.41 Å². The highest BCUT2D eigenvalue weighted by Gasteiger charge is 2.50. The Balaban J connectivity index is 1.55. The van der Waals surface area contributed by atoms with Crippen molar-refractivity contribution in [1.29, 1.82) is 0 Å². The number of hydrogen-bond donors (Lipinski definition) is 1. The van der Waals surface area contributed by atoms with Crippen LogP contribution in [0.15, 0.2) is 0 Å². The fourth-order valence-electron chi connectivity index (χ4n) is 5.09. The van der Waals surface area contributed by atoms with Gasteiger partial charge in [0.05, 0.1) is 0 Å². The number of rotatable bonds is 3. The zero-order chi connectivity index (χ0) is 16.7. The molecule has 1 heterocycles. The largest absolute Gasteiger partial charge is 0.350 e. The Bertz CT molecular complexity index is 453. The van der Waals surface area contributed by atoms with Crippen LogP contribution < -0.4 is 5.32 Å². The van der Waals surface area contributed by atoms with Crippen LogP contribution in [0.3, 0.4) is 0 Å². The maximum Gasteiger partial charge on any atom is 0.223 e. The van der Waals surface area contributed by atoms with E-state index in [1.165, 1.54) is 19.3 Å². The molecule has 2 amide bonds. The van der Waals surface area contributed by atoms with E-state index >= 15 is 0 Å². The fraction of sp³-hybridized carbons (Fsp3) is 0.895. The van der Waals surface area contributed by atoms with Crippen molar-refractivity contribution in [2.24, 2.45) is 17.3 Å². The second-order valence-electron chi connectivity index (χ2n) is 8.57. The van der Waals surface area contributed by atoms with E-state index in [2.05, 4.69) is 19.2 Å². The monoisotopic (exact) mass is 320 g/mol. The Hall–Kier alpha value is -1.06. The third-order valence-electron chi connectivity index (χ3n) is 7.23. The molecule has 0 atom stereocenters. The SMILES string of the molecule is CC(=O)N1CCC(C(=O)NC23CCC(C(C)C)(CC2)CC3)CC1. The molecule has 1 saturated heterocycles. The summed E-state index contributed by atoms with van der Waals surface area (Å²) in [5.41, 5.74) is 0.616. The number of fused-ring (bicyclic) bond motifs is 3. The summed E-state index contributed by atoms with van der Waals surface area (Å²) in [5, 5.41) is 3.45. The fourth-order valence-corrected chi connectivity index (χ4v) is 5.09. The molecule has 0 radical (unpaired) electrons. The molecule has 1 aliphatic heterocycles. The van der Waals surface area contributed by atoms with Gasteiger partial charge in [-0.3, -0.25) is 9.59 Å². The highest BCUT2D eigenvalue weighted by Crippen LogP contribution is 2.55. The minimum atomic E-state index is 0.0748. The molecule has 4 fully saturated rings. The van der Waals surface area contributed by atoms with Crippen LogP contribution in [0.5, 0.6) is 0 Å². The number of amides is 2. The van der Waals surface area contributed by atoms with Crippen molar-refractivity contribution in [3.05, 3.63) is 0 Å². The maximum atomic E-state index is 12.7. The minimum absolute atomic E-state index is 0.0748. The van der Waals surface area contributed by atoms with E-state index in [0.717, 1.165) is 51.1 Å². The first-order chi connectivity index (χ1) is 10.9. The van der Waals surface area contributed by atoms with Crippen molar-refractivity contribution in [2.45, 2.75) is 77.7 Å². The van der Waals surface area contributed by atoms with Gasteiger partial charge in [-0.05, 0) is 62.7 Å². The van der Waals surface area contributed by atoms with Crippen LogP contribution in [0.4, 0.5) is 0 Å². The number of hydrogen-bond acceptors (Lipinski definition) is 2. The molecule has 4 rings (SSSR count). The molecule has 2 bridgehead atoms. The van der Waals surface area contributed by atoms with Gasteiger partial charge in [0.1, 0.15) is 0 Å². The van der Waals surface area contributed by atoms with Gasteiger partial charge in [-0.25, -0.2) is 0 Å². The smallest absolute Gasteiger partial charge is 0.223 e. The molecule has 130 valence electrons. The summed E-state index contributed by atoms with van der Waals surface area (Å²) in [6.07, 6.45) is 8.92. The summed E-state index contributed by atoms with van der Waals surface area (Å²) >= 11 is 0. The molecule has 3 aliphatic carbocycles. The second-order valence-corrected chi connectivity index (χ2v) is 8.57. The van der Waals surface area contributed by atoms with Crippen LogP contribution in [0, 0.1) is 17.3 Å². The number of carbonyl (C=O) groups excluding carboxylic acids is 2. The summed E-state index contributed by atoms with van der Waals surface area (Å²) < 4.78 is 0. The number of piperidine rings is 1. The first kappa shape index (κ1) is 16.8. The summed E-state index contributed by atoms with van der Waals surface area (Å²) in [4.78, 5) is 26.0. The first-order valence-electron chi connectivity index (χ1n) is 9.43. The molecular weight excluding hydrogens is 288 g/mol.